The number of hydrogen-bond acceptors (Lipinski definition) is 3. The molecule has 1 aromatic carbocycles. The van der Waals surface area contributed by atoms with Crippen LogP contribution < -0.4 is 10.2 Å². The lowest BCUT2D eigenvalue weighted by atomic mass is 9.69. The number of aromatic carboxylic acids is 1. The van der Waals surface area contributed by atoms with Crippen molar-refractivity contribution < 1.29 is 14.6 Å². The Labute approximate surface area is 139 Å². The lowest BCUT2D eigenvalue weighted by Crippen LogP contribution is -2.46. The van der Waals surface area contributed by atoms with Crippen molar-refractivity contribution in [3.63, 3.8) is 0 Å². The average molecular weight is 325 g/mol. The lowest BCUT2D eigenvalue weighted by Gasteiger charge is -2.48. The number of carboxylic acid groups (broad SMARTS) is 1. The van der Waals surface area contributed by atoms with Gasteiger partial charge in [0, 0.05) is 23.4 Å². The van der Waals surface area contributed by atoms with E-state index in [0.29, 0.717) is 0 Å². The Morgan fingerprint density at radius 2 is 2.04 bits per heavy atom. The zero-order valence-electron chi connectivity index (χ0n) is 13.8. The fourth-order valence-electron chi connectivity index (χ4n) is 4.07. The molecule has 2 heterocycles. The number of rotatable bonds is 2. The number of nitrogens with zero attached hydrogens (tertiary/aromatic N) is 1. The smallest absolute Gasteiger partial charge is 0.341 e. The molecular formula is C19H19NO4. The lowest BCUT2D eigenvalue weighted by molar-refractivity contribution is 0.0691. The van der Waals surface area contributed by atoms with Crippen molar-refractivity contribution in [2.75, 3.05) is 7.11 Å². The van der Waals surface area contributed by atoms with Crippen LogP contribution in [0, 0.1) is 6.92 Å². The van der Waals surface area contributed by atoms with Gasteiger partial charge in [-0.25, -0.2) is 4.79 Å². The van der Waals surface area contributed by atoms with Crippen molar-refractivity contribution in [2.45, 2.75) is 38.1 Å². The van der Waals surface area contributed by atoms with E-state index in [1.165, 1.54) is 11.6 Å². The molecule has 5 heteroatoms. The van der Waals surface area contributed by atoms with Gasteiger partial charge >= 0.3 is 5.97 Å². The Morgan fingerprint density at radius 3 is 2.62 bits per heavy atom. The number of fused-ring (bicyclic) bond motifs is 4. The number of ether oxygens (including phenoxy) is 1. The number of aromatic nitrogens is 1. The largest absolute Gasteiger partial charge is 0.496 e. The van der Waals surface area contributed by atoms with Gasteiger partial charge in [0.1, 0.15) is 11.3 Å². The third-order valence-corrected chi connectivity index (χ3v) is 5.49. The first-order valence-corrected chi connectivity index (χ1v) is 8.13. The van der Waals surface area contributed by atoms with Gasteiger partial charge in [0.15, 0.2) is 5.43 Å². The van der Waals surface area contributed by atoms with E-state index in [9.17, 15) is 14.7 Å². The maximum absolute atomic E-state index is 12.2. The standard InChI is InChI=1S/C19H19NO4/c1-11-6-13-12(7-17(11)24-2)9-19(4-3-5-19)20-10-14(18(22)23)16(21)8-15(13)20/h6-8,10H,3-5,9H2,1-2H3,(H,22,23). The molecule has 1 N–H and O–H groups in total. The third-order valence-electron chi connectivity index (χ3n) is 5.49. The average Bonchev–Trinajstić information content (AvgIpc) is 2.51. The molecule has 1 fully saturated rings. The van der Waals surface area contributed by atoms with Crippen molar-refractivity contribution in [1.29, 1.82) is 0 Å². The highest BCUT2D eigenvalue weighted by atomic mass is 16.5. The Bertz CT molecular complexity index is 922. The highest BCUT2D eigenvalue weighted by molar-refractivity contribution is 5.88. The number of aryl methyl sites for hydroxylation is 1. The summed E-state index contributed by atoms with van der Waals surface area (Å²) in [5, 5.41) is 9.31. The molecule has 0 atom stereocenters. The maximum Gasteiger partial charge on any atom is 0.341 e. The van der Waals surface area contributed by atoms with Gasteiger partial charge in [0.2, 0.25) is 0 Å². The van der Waals surface area contributed by atoms with Gasteiger partial charge in [-0.05, 0) is 55.9 Å². The second kappa shape index (κ2) is 4.97. The zero-order chi connectivity index (χ0) is 17.1. The molecular weight excluding hydrogens is 306 g/mol. The van der Waals surface area contributed by atoms with Crippen molar-refractivity contribution in [3.05, 3.63) is 51.3 Å². The van der Waals surface area contributed by atoms with Crippen LogP contribution >= 0.6 is 0 Å². The molecule has 124 valence electrons. The molecule has 1 saturated carbocycles. The van der Waals surface area contributed by atoms with Crippen molar-refractivity contribution in [1.82, 2.24) is 4.57 Å². The normalized spacial score (nSPS) is 16.9. The molecule has 1 aliphatic heterocycles. The third kappa shape index (κ3) is 1.94. The summed E-state index contributed by atoms with van der Waals surface area (Å²) in [6.07, 6.45) is 5.50. The Balaban J connectivity index is 2.02. The van der Waals surface area contributed by atoms with Gasteiger partial charge in [0.25, 0.3) is 0 Å². The number of carbonyl (C=O) groups is 1. The van der Waals surface area contributed by atoms with E-state index in [1.54, 1.807) is 13.3 Å². The minimum absolute atomic E-state index is 0.111. The molecule has 4 rings (SSSR count). The second-order valence-corrected chi connectivity index (χ2v) is 6.85. The SMILES string of the molecule is COc1cc2c(cc1C)-c1cc(=O)c(C(=O)O)cn1C1(CCC1)C2. The van der Waals surface area contributed by atoms with E-state index in [2.05, 4.69) is 6.07 Å². The fraction of sp³-hybridized carbons (Fsp3) is 0.368. The molecule has 1 aromatic heterocycles. The van der Waals surface area contributed by atoms with Gasteiger partial charge in [-0.2, -0.15) is 0 Å². The molecule has 0 radical (unpaired) electrons. The summed E-state index contributed by atoms with van der Waals surface area (Å²) in [4.78, 5) is 23.6. The van der Waals surface area contributed by atoms with Crippen LogP contribution in [0.25, 0.3) is 11.3 Å². The van der Waals surface area contributed by atoms with Crippen LogP contribution in [-0.2, 0) is 12.0 Å². The fourth-order valence-corrected chi connectivity index (χ4v) is 4.07. The summed E-state index contributed by atoms with van der Waals surface area (Å²) in [7, 11) is 1.66. The Hall–Kier alpha value is -2.56. The quantitative estimate of drug-likeness (QED) is 0.922. The highest BCUT2D eigenvalue weighted by Crippen LogP contribution is 2.49. The Morgan fingerprint density at radius 1 is 1.29 bits per heavy atom. The molecule has 5 nitrogen and oxygen atoms in total. The van der Waals surface area contributed by atoms with Gasteiger partial charge in [0.05, 0.1) is 12.8 Å². The zero-order valence-corrected chi connectivity index (χ0v) is 13.8. The minimum atomic E-state index is -1.17. The Kier molecular flexibility index (Phi) is 3.10. The molecule has 0 bridgehead atoms. The molecule has 0 amide bonds. The molecule has 0 unspecified atom stereocenters. The van der Waals surface area contributed by atoms with Crippen molar-refractivity contribution >= 4 is 5.97 Å². The van der Waals surface area contributed by atoms with Crippen LogP contribution in [-0.4, -0.2) is 22.8 Å². The molecule has 2 aliphatic rings. The number of hydrogen-bond donors (Lipinski definition) is 1. The van der Waals surface area contributed by atoms with E-state index >= 15 is 0 Å². The van der Waals surface area contributed by atoms with E-state index < -0.39 is 11.4 Å². The second-order valence-electron chi connectivity index (χ2n) is 6.85. The first-order chi connectivity index (χ1) is 11.4. The van der Waals surface area contributed by atoms with E-state index in [1.807, 2.05) is 17.6 Å². The number of methoxy groups -OCH3 is 1. The minimum Gasteiger partial charge on any atom is -0.496 e. The summed E-state index contributed by atoms with van der Waals surface area (Å²) in [5.74, 6) is -0.317. The van der Waals surface area contributed by atoms with Crippen molar-refractivity contribution in [3.8, 4) is 17.0 Å². The molecule has 0 saturated heterocycles. The molecule has 1 spiro atoms. The number of pyridine rings is 1. The first kappa shape index (κ1) is 15.0. The summed E-state index contributed by atoms with van der Waals surface area (Å²) < 4.78 is 7.48. The van der Waals surface area contributed by atoms with E-state index in [-0.39, 0.29) is 11.1 Å². The van der Waals surface area contributed by atoms with Gasteiger partial charge < -0.3 is 14.4 Å². The summed E-state index contributed by atoms with van der Waals surface area (Å²) >= 11 is 0. The summed E-state index contributed by atoms with van der Waals surface area (Å²) in [5.41, 5.74) is 3.28. The summed E-state index contributed by atoms with van der Waals surface area (Å²) in [6.45, 7) is 1.97. The molecule has 2 aromatic rings. The molecule has 1 aliphatic carbocycles. The first-order valence-electron chi connectivity index (χ1n) is 8.13. The molecule has 24 heavy (non-hydrogen) atoms. The predicted octanol–water partition coefficient (Wildman–Crippen LogP) is 2.97. The number of carboxylic acids is 1. The van der Waals surface area contributed by atoms with Crippen LogP contribution in [0.2, 0.25) is 0 Å². The predicted molar refractivity (Wildman–Crippen MR) is 89.9 cm³/mol. The van der Waals surface area contributed by atoms with Crippen LogP contribution in [0.3, 0.4) is 0 Å². The highest BCUT2D eigenvalue weighted by Gasteiger charge is 2.43. The van der Waals surface area contributed by atoms with E-state index in [4.69, 9.17) is 4.74 Å². The van der Waals surface area contributed by atoms with Gasteiger partial charge in [-0.3, -0.25) is 4.79 Å². The van der Waals surface area contributed by atoms with Crippen LogP contribution in [0.4, 0.5) is 0 Å². The van der Waals surface area contributed by atoms with Gasteiger partial charge in [-0.1, -0.05) is 0 Å². The maximum atomic E-state index is 12.2. The van der Waals surface area contributed by atoms with E-state index in [0.717, 1.165) is 48.3 Å². The monoisotopic (exact) mass is 325 g/mol. The van der Waals surface area contributed by atoms with Crippen LogP contribution in [0.15, 0.2) is 29.2 Å². The topological polar surface area (TPSA) is 68.5 Å². The summed E-state index contributed by atoms with van der Waals surface area (Å²) in [6, 6.07) is 5.57. The number of benzene rings is 1. The van der Waals surface area contributed by atoms with Crippen LogP contribution in [0.1, 0.15) is 40.7 Å². The van der Waals surface area contributed by atoms with Crippen LogP contribution in [0.5, 0.6) is 5.75 Å². The van der Waals surface area contributed by atoms with Gasteiger partial charge in [-0.15, -0.1) is 0 Å². The van der Waals surface area contributed by atoms with Crippen molar-refractivity contribution in [2.24, 2.45) is 0 Å².